The van der Waals surface area contributed by atoms with Crippen LogP contribution in [-0.4, -0.2) is 5.97 Å². The molecule has 0 fully saturated rings. The Morgan fingerprint density at radius 1 is 1.12 bits per heavy atom. The number of esters is 1. The Balaban J connectivity index is 4.17. The van der Waals surface area contributed by atoms with Gasteiger partial charge in [0, 0.05) is 6.42 Å². The summed E-state index contributed by atoms with van der Waals surface area (Å²) in [6.45, 7) is 9.92. The highest BCUT2D eigenvalue weighted by molar-refractivity contribution is 5.76. The van der Waals surface area contributed by atoms with E-state index in [1.54, 1.807) is 0 Å². The van der Waals surface area contributed by atoms with E-state index in [1.807, 2.05) is 26.8 Å². The zero-order valence-electron chi connectivity index (χ0n) is 12.1. The van der Waals surface area contributed by atoms with Crippen LogP contribution in [0.3, 0.4) is 0 Å². The van der Waals surface area contributed by atoms with E-state index in [0.29, 0.717) is 0 Å². The Kier molecular flexibility index (Phi) is 7.94. The molecule has 0 bridgehead atoms. The van der Waals surface area contributed by atoms with Crippen LogP contribution in [0.4, 0.5) is 0 Å². The smallest absolute Gasteiger partial charge is 0.316 e. The number of hydrogen-bond acceptors (Lipinski definition) is 2. The summed E-state index contributed by atoms with van der Waals surface area (Å²) >= 11 is 0. The molecule has 0 heterocycles. The van der Waals surface area contributed by atoms with Crippen molar-refractivity contribution in [3.8, 4) is 0 Å². The Morgan fingerprint density at radius 2 is 1.76 bits per heavy atom. The molecule has 0 aliphatic heterocycles. The van der Waals surface area contributed by atoms with Crippen LogP contribution in [0.25, 0.3) is 0 Å². The first kappa shape index (κ1) is 16.2. The van der Waals surface area contributed by atoms with Gasteiger partial charge in [0.15, 0.2) is 0 Å². The first-order valence-electron chi connectivity index (χ1n) is 6.83. The standard InChI is InChI=1S/C15H28O2/c1-6-8-9-10-12-13(11-7-2)17-14(16)15(3,4)5/h11H,6-10,12H2,1-5H3. The lowest BCUT2D eigenvalue weighted by Crippen LogP contribution is -2.22. The first-order valence-corrected chi connectivity index (χ1v) is 6.83. The van der Waals surface area contributed by atoms with Crippen molar-refractivity contribution < 1.29 is 9.53 Å². The van der Waals surface area contributed by atoms with Crippen molar-refractivity contribution in [2.45, 2.75) is 73.1 Å². The van der Waals surface area contributed by atoms with Crippen LogP contribution in [-0.2, 0) is 9.53 Å². The molecule has 0 unspecified atom stereocenters. The summed E-state index contributed by atoms with van der Waals surface area (Å²) in [6, 6.07) is 0. The van der Waals surface area contributed by atoms with E-state index >= 15 is 0 Å². The second-order valence-electron chi connectivity index (χ2n) is 5.53. The minimum atomic E-state index is -0.420. The monoisotopic (exact) mass is 240 g/mol. The molecule has 0 rings (SSSR count). The number of hydrogen-bond donors (Lipinski definition) is 0. The molecule has 0 radical (unpaired) electrons. The molecule has 0 aromatic rings. The quantitative estimate of drug-likeness (QED) is 0.361. The predicted octanol–water partition coefficient (Wildman–Crippen LogP) is 4.84. The SMILES string of the molecule is CCC=C(CCCCCC)OC(=O)C(C)(C)C. The lowest BCUT2D eigenvalue weighted by Gasteiger charge is -2.18. The van der Waals surface area contributed by atoms with Crippen molar-refractivity contribution in [1.29, 1.82) is 0 Å². The van der Waals surface area contributed by atoms with Crippen molar-refractivity contribution in [3.05, 3.63) is 11.8 Å². The fourth-order valence-electron chi connectivity index (χ4n) is 1.42. The fourth-order valence-corrected chi connectivity index (χ4v) is 1.42. The second-order valence-corrected chi connectivity index (χ2v) is 5.53. The van der Waals surface area contributed by atoms with Gasteiger partial charge in [-0.25, -0.2) is 0 Å². The summed E-state index contributed by atoms with van der Waals surface area (Å²) < 4.78 is 5.46. The number of carbonyl (C=O) groups is 1. The number of allylic oxidation sites excluding steroid dienone is 2. The third-order valence-electron chi connectivity index (χ3n) is 2.54. The summed E-state index contributed by atoms with van der Waals surface area (Å²) in [7, 11) is 0. The van der Waals surface area contributed by atoms with E-state index in [-0.39, 0.29) is 5.97 Å². The molecule has 0 aliphatic carbocycles. The van der Waals surface area contributed by atoms with Crippen LogP contribution in [0.1, 0.15) is 73.1 Å². The van der Waals surface area contributed by atoms with Crippen LogP contribution in [0.15, 0.2) is 11.8 Å². The van der Waals surface area contributed by atoms with Crippen LogP contribution in [0, 0.1) is 5.41 Å². The maximum absolute atomic E-state index is 11.8. The summed E-state index contributed by atoms with van der Waals surface area (Å²) in [4.78, 5) is 11.8. The lowest BCUT2D eigenvalue weighted by atomic mass is 9.97. The van der Waals surface area contributed by atoms with Gasteiger partial charge in [0.05, 0.1) is 5.41 Å². The summed E-state index contributed by atoms with van der Waals surface area (Å²) in [6.07, 6.45) is 8.63. The number of ether oxygens (including phenoxy) is 1. The number of rotatable bonds is 7. The third-order valence-corrected chi connectivity index (χ3v) is 2.54. The van der Waals surface area contributed by atoms with Crippen LogP contribution >= 0.6 is 0 Å². The molecule has 0 saturated carbocycles. The van der Waals surface area contributed by atoms with Gasteiger partial charge < -0.3 is 4.74 Å². The molecule has 0 aromatic carbocycles. The maximum atomic E-state index is 11.8. The van der Waals surface area contributed by atoms with Gasteiger partial charge in [0.25, 0.3) is 0 Å². The van der Waals surface area contributed by atoms with Gasteiger partial charge in [0.2, 0.25) is 0 Å². The van der Waals surface area contributed by atoms with Crippen LogP contribution in [0.2, 0.25) is 0 Å². The van der Waals surface area contributed by atoms with Gasteiger partial charge in [-0.1, -0.05) is 33.1 Å². The minimum absolute atomic E-state index is 0.132. The highest BCUT2D eigenvalue weighted by Gasteiger charge is 2.24. The van der Waals surface area contributed by atoms with E-state index in [0.717, 1.165) is 25.0 Å². The first-order chi connectivity index (χ1) is 7.91. The third kappa shape index (κ3) is 8.00. The van der Waals surface area contributed by atoms with Gasteiger partial charge in [-0.15, -0.1) is 0 Å². The van der Waals surface area contributed by atoms with Gasteiger partial charge in [0.1, 0.15) is 5.76 Å². The van der Waals surface area contributed by atoms with E-state index in [9.17, 15) is 4.79 Å². The molecule has 2 heteroatoms. The highest BCUT2D eigenvalue weighted by atomic mass is 16.5. The van der Waals surface area contributed by atoms with E-state index in [2.05, 4.69) is 13.8 Å². The van der Waals surface area contributed by atoms with Crippen LogP contribution < -0.4 is 0 Å². The van der Waals surface area contributed by atoms with Crippen molar-refractivity contribution in [2.24, 2.45) is 5.41 Å². The average Bonchev–Trinajstić information content (AvgIpc) is 2.23. The fraction of sp³-hybridized carbons (Fsp3) is 0.800. The molecule has 0 N–H and O–H groups in total. The zero-order valence-corrected chi connectivity index (χ0v) is 12.1. The number of unbranched alkanes of at least 4 members (excludes halogenated alkanes) is 3. The lowest BCUT2D eigenvalue weighted by molar-refractivity contribution is -0.148. The molecule has 0 amide bonds. The average molecular weight is 240 g/mol. The van der Waals surface area contributed by atoms with Gasteiger partial charge in [-0.3, -0.25) is 4.79 Å². The second kappa shape index (κ2) is 8.32. The largest absolute Gasteiger partial charge is 0.431 e. The summed E-state index contributed by atoms with van der Waals surface area (Å²) in [5.41, 5.74) is -0.420. The Labute approximate surface area is 106 Å². The normalized spacial score (nSPS) is 12.6. The Bertz CT molecular complexity index is 246. The molecule has 0 spiro atoms. The molecule has 0 saturated heterocycles. The molecule has 17 heavy (non-hydrogen) atoms. The molecule has 100 valence electrons. The Morgan fingerprint density at radius 3 is 2.24 bits per heavy atom. The van der Waals surface area contributed by atoms with E-state index < -0.39 is 5.41 Å². The topological polar surface area (TPSA) is 26.3 Å². The highest BCUT2D eigenvalue weighted by Crippen LogP contribution is 2.20. The van der Waals surface area contributed by atoms with Crippen molar-refractivity contribution >= 4 is 5.97 Å². The predicted molar refractivity (Wildman–Crippen MR) is 72.7 cm³/mol. The van der Waals surface area contributed by atoms with E-state index in [4.69, 9.17) is 4.74 Å². The summed E-state index contributed by atoms with van der Waals surface area (Å²) in [5, 5.41) is 0. The zero-order chi connectivity index (χ0) is 13.3. The van der Waals surface area contributed by atoms with Gasteiger partial charge >= 0.3 is 5.97 Å². The minimum Gasteiger partial charge on any atom is -0.431 e. The number of carbonyl (C=O) groups excluding carboxylic acids is 1. The van der Waals surface area contributed by atoms with Crippen molar-refractivity contribution in [2.75, 3.05) is 0 Å². The molecule has 0 aromatic heterocycles. The Hall–Kier alpha value is -0.790. The van der Waals surface area contributed by atoms with Gasteiger partial charge in [-0.2, -0.15) is 0 Å². The molecule has 0 aliphatic rings. The van der Waals surface area contributed by atoms with Gasteiger partial charge in [-0.05, 0) is 39.7 Å². The van der Waals surface area contributed by atoms with Crippen LogP contribution in [0.5, 0.6) is 0 Å². The summed E-state index contributed by atoms with van der Waals surface area (Å²) in [5.74, 6) is 0.719. The van der Waals surface area contributed by atoms with E-state index in [1.165, 1.54) is 19.3 Å². The molecular weight excluding hydrogens is 212 g/mol. The van der Waals surface area contributed by atoms with Crippen molar-refractivity contribution in [1.82, 2.24) is 0 Å². The maximum Gasteiger partial charge on any atom is 0.316 e. The van der Waals surface area contributed by atoms with Crippen molar-refractivity contribution in [3.63, 3.8) is 0 Å². The molecular formula is C15H28O2. The molecule has 2 nitrogen and oxygen atoms in total. The molecule has 0 atom stereocenters.